The predicted octanol–water partition coefficient (Wildman–Crippen LogP) is 4.65. The molecule has 2 nitrogen and oxygen atoms in total. The van der Waals surface area contributed by atoms with Gasteiger partial charge in [-0.25, -0.2) is 4.39 Å². The van der Waals surface area contributed by atoms with Gasteiger partial charge >= 0.3 is 0 Å². The van der Waals surface area contributed by atoms with E-state index in [1.807, 2.05) is 25.1 Å². The topological polar surface area (TPSA) is 24.9 Å². The maximum absolute atomic E-state index is 13.1. The summed E-state index contributed by atoms with van der Waals surface area (Å²) in [7, 11) is 0. The van der Waals surface area contributed by atoms with E-state index in [0.29, 0.717) is 5.02 Å². The second-order valence-electron chi connectivity index (χ2n) is 3.93. The Morgan fingerprint density at radius 3 is 2.78 bits per heavy atom. The van der Waals surface area contributed by atoms with Crippen LogP contribution in [0.5, 0.6) is 0 Å². The van der Waals surface area contributed by atoms with E-state index in [9.17, 15) is 4.39 Å². The zero-order valence-corrected chi connectivity index (χ0v) is 12.5. The first-order valence-electron chi connectivity index (χ1n) is 5.38. The summed E-state index contributed by atoms with van der Waals surface area (Å²) in [6, 6.07) is 7.15. The van der Waals surface area contributed by atoms with Gasteiger partial charge in [0, 0.05) is 9.77 Å². The fourth-order valence-corrected chi connectivity index (χ4v) is 2.50. The summed E-state index contributed by atoms with van der Waals surface area (Å²) in [5.41, 5.74) is 1.61. The van der Waals surface area contributed by atoms with Crippen molar-refractivity contribution >= 4 is 39.9 Å². The maximum Gasteiger partial charge on any atom is 0.141 e. The Hall–Kier alpha value is -0.880. The van der Waals surface area contributed by atoms with Crippen molar-refractivity contribution in [3.05, 3.63) is 56.6 Å². The Morgan fingerprint density at radius 1 is 1.33 bits per heavy atom. The van der Waals surface area contributed by atoms with E-state index >= 15 is 0 Å². The molecule has 0 radical (unpaired) electrons. The Bertz CT molecular complexity index is 562. The smallest absolute Gasteiger partial charge is 0.141 e. The van der Waals surface area contributed by atoms with E-state index < -0.39 is 0 Å². The van der Waals surface area contributed by atoms with Crippen LogP contribution < -0.4 is 5.32 Å². The highest BCUT2D eigenvalue weighted by atomic mass is 127. The highest BCUT2D eigenvalue weighted by Gasteiger charge is 2.09. The second kappa shape index (κ2) is 5.84. The first-order chi connectivity index (χ1) is 8.56. The number of halogens is 3. The Kier molecular flexibility index (Phi) is 4.40. The van der Waals surface area contributed by atoms with Crippen LogP contribution in [0.1, 0.15) is 18.5 Å². The molecule has 0 fully saturated rings. The van der Waals surface area contributed by atoms with E-state index in [1.165, 1.54) is 12.3 Å². The van der Waals surface area contributed by atoms with Crippen molar-refractivity contribution in [3.63, 3.8) is 0 Å². The SMILES string of the molecule is CC(Nc1ccc(I)cc1Cl)c1cncc(F)c1. The summed E-state index contributed by atoms with van der Waals surface area (Å²) in [6.45, 7) is 1.94. The fourth-order valence-electron chi connectivity index (χ4n) is 1.59. The molecular formula is C13H11ClFIN2. The zero-order chi connectivity index (χ0) is 13.1. The molecule has 1 unspecified atom stereocenters. The molecule has 0 saturated heterocycles. The van der Waals surface area contributed by atoms with Crippen LogP contribution in [0.4, 0.5) is 10.1 Å². The van der Waals surface area contributed by atoms with Crippen LogP contribution in [0.2, 0.25) is 5.02 Å². The molecule has 2 rings (SSSR count). The van der Waals surface area contributed by atoms with Gasteiger partial charge in [-0.3, -0.25) is 4.98 Å². The van der Waals surface area contributed by atoms with Crippen molar-refractivity contribution in [2.45, 2.75) is 13.0 Å². The van der Waals surface area contributed by atoms with Crippen LogP contribution in [0.3, 0.4) is 0 Å². The molecule has 0 aliphatic carbocycles. The molecule has 94 valence electrons. The number of nitrogens with one attached hydrogen (secondary N) is 1. The van der Waals surface area contributed by atoms with Gasteiger partial charge in [0.05, 0.1) is 22.9 Å². The summed E-state index contributed by atoms with van der Waals surface area (Å²) in [4.78, 5) is 3.83. The lowest BCUT2D eigenvalue weighted by molar-refractivity contribution is 0.616. The molecule has 1 N–H and O–H groups in total. The number of aromatic nitrogens is 1. The standard InChI is InChI=1S/C13H11ClFIN2/c1-8(9-4-10(15)7-17-6-9)18-13-3-2-11(16)5-12(13)14/h2-8,18H,1H3. The fraction of sp³-hybridized carbons (Fsp3) is 0.154. The minimum atomic E-state index is -0.338. The maximum atomic E-state index is 13.1. The molecule has 1 atom stereocenters. The van der Waals surface area contributed by atoms with Gasteiger partial charge in [-0.2, -0.15) is 0 Å². The normalized spacial score (nSPS) is 12.2. The number of hydrogen-bond acceptors (Lipinski definition) is 2. The average molecular weight is 377 g/mol. The van der Waals surface area contributed by atoms with Gasteiger partial charge in [0.1, 0.15) is 5.82 Å². The van der Waals surface area contributed by atoms with Crippen molar-refractivity contribution in [3.8, 4) is 0 Å². The predicted molar refractivity (Wildman–Crippen MR) is 80.4 cm³/mol. The summed E-state index contributed by atoms with van der Waals surface area (Å²) < 4.78 is 14.2. The van der Waals surface area contributed by atoms with E-state index in [-0.39, 0.29) is 11.9 Å². The van der Waals surface area contributed by atoms with E-state index in [4.69, 9.17) is 11.6 Å². The molecule has 0 saturated carbocycles. The van der Waals surface area contributed by atoms with Crippen molar-refractivity contribution in [2.75, 3.05) is 5.32 Å². The molecule has 0 bridgehead atoms. The van der Waals surface area contributed by atoms with Gasteiger partial charge in [0.2, 0.25) is 0 Å². The van der Waals surface area contributed by atoms with E-state index in [0.717, 1.165) is 14.8 Å². The van der Waals surface area contributed by atoms with Crippen molar-refractivity contribution < 1.29 is 4.39 Å². The van der Waals surface area contributed by atoms with Gasteiger partial charge in [-0.15, -0.1) is 0 Å². The molecule has 1 aromatic heterocycles. The lowest BCUT2D eigenvalue weighted by atomic mass is 10.1. The number of benzene rings is 1. The first kappa shape index (κ1) is 13.5. The lowest BCUT2D eigenvalue weighted by Gasteiger charge is -2.16. The first-order valence-corrected chi connectivity index (χ1v) is 6.84. The minimum Gasteiger partial charge on any atom is -0.377 e. The third kappa shape index (κ3) is 3.32. The number of hydrogen-bond donors (Lipinski definition) is 1. The third-order valence-corrected chi connectivity index (χ3v) is 3.51. The Morgan fingerprint density at radius 2 is 2.11 bits per heavy atom. The largest absolute Gasteiger partial charge is 0.377 e. The van der Waals surface area contributed by atoms with Gasteiger partial charge in [-0.05, 0) is 59.3 Å². The number of pyridine rings is 1. The monoisotopic (exact) mass is 376 g/mol. The summed E-state index contributed by atoms with van der Waals surface area (Å²) >= 11 is 8.34. The average Bonchev–Trinajstić information content (AvgIpc) is 2.32. The molecule has 1 aromatic carbocycles. The van der Waals surface area contributed by atoms with E-state index in [2.05, 4.69) is 32.9 Å². The van der Waals surface area contributed by atoms with Crippen LogP contribution in [-0.4, -0.2) is 4.98 Å². The Balaban J connectivity index is 2.18. The van der Waals surface area contributed by atoms with Crippen LogP contribution in [-0.2, 0) is 0 Å². The molecule has 18 heavy (non-hydrogen) atoms. The Labute approximate surface area is 124 Å². The van der Waals surface area contributed by atoms with Crippen molar-refractivity contribution in [1.82, 2.24) is 4.98 Å². The molecule has 0 aliphatic heterocycles. The number of rotatable bonds is 3. The van der Waals surface area contributed by atoms with Gasteiger partial charge in [0.15, 0.2) is 0 Å². The molecular weight excluding hydrogens is 366 g/mol. The van der Waals surface area contributed by atoms with Crippen LogP contribution in [0.25, 0.3) is 0 Å². The summed E-state index contributed by atoms with van der Waals surface area (Å²) in [5, 5.41) is 3.89. The van der Waals surface area contributed by atoms with Crippen molar-refractivity contribution in [2.24, 2.45) is 0 Å². The molecule has 1 heterocycles. The molecule has 5 heteroatoms. The molecule has 0 amide bonds. The van der Waals surface area contributed by atoms with Crippen molar-refractivity contribution in [1.29, 1.82) is 0 Å². The minimum absolute atomic E-state index is 0.0641. The molecule has 0 spiro atoms. The van der Waals surface area contributed by atoms with Gasteiger partial charge in [0.25, 0.3) is 0 Å². The number of anilines is 1. The van der Waals surface area contributed by atoms with Crippen LogP contribution in [0, 0.1) is 9.39 Å². The molecule has 0 aliphatic rings. The number of nitrogens with zero attached hydrogens (tertiary/aromatic N) is 1. The van der Waals surface area contributed by atoms with Crippen LogP contribution in [0.15, 0.2) is 36.7 Å². The van der Waals surface area contributed by atoms with E-state index in [1.54, 1.807) is 6.20 Å². The van der Waals surface area contributed by atoms with Crippen LogP contribution >= 0.6 is 34.2 Å². The third-order valence-electron chi connectivity index (χ3n) is 2.53. The second-order valence-corrected chi connectivity index (χ2v) is 5.58. The highest BCUT2D eigenvalue weighted by molar-refractivity contribution is 14.1. The summed E-state index contributed by atoms with van der Waals surface area (Å²) in [5.74, 6) is -0.338. The lowest BCUT2D eigenvalue weighted by Crippen LogP contribution is -2.07. The highest BCUT2D eigenvalue weighted by Crippen LogP contribution is 2.27. The van der Waals surface area contributed by atoms with Gasteiger partial charge < -0.3 is 5.32 Å². The zero-order valence-electron chi connectivity index (χ0n) is 9.62. The molecule has 2 aromatic rings. The van der Waals surface area contributed by atoms with Gasteiger partial charge in [-0.1, -0.05) is 11.6 Å². The summed E-state index contributed by atoms with van der Waals surface area (Å²) in [6.07, 6.45) is 2.83. The quantitative estimate of drug-likeness (QED) is 0.789.